The molecule has 2 amide bonds. The van der Waals surface area contributed by atoms with E-state index in [9.17, 15) is 9.59 Å². The van der Waals surface area contributed by atoms with E-state index in [1.807, 2.05) is 13.0 Å². The monoisotopic (exact) mass is 309 g/mol. The van der Waals surface area contributed by atoms with Crippen LogP contribution in [-0.4, -0.2) is 31.1 Å². The number of hydrogen-bond donors (Lipinski definition) is 0. The number of carbonyl (C=O) groups excluding carboxylic acids is 2. The Morgan fingerprint density at radius 3 is 2.35 bits per heavy atom. The van der Waals surface area contributed by atoms with Gasteiger partial charge >= 0.3 is 0 Å². The lowest BCUT2D eigenvalue weighted by Crippen LogP contribution is -2.30. The molecule has 2 heterocycles. The largest absolute Gasteiger partial charge is 0.491 e. The lowest BCUT2D eigenvalue weighted by Gasteiger charge is -2.17. The number of ether oxygens (including phenoxy) is 2. The van der Waals surface area contributed by atoms with Gasteiger partial charge in [0.25, 0.3) is 11.8 Å². The maximum atomic E-state index is 12.5. The molecule has 1 fully saturated rings. The summed E-state index contributed by atoms with van der Waals surface area (Å²) in [5.41, 5.74) is 2.30. The van der Waals surface area contributed by atoms with Crippen molar-refractivity contribution in [3.8, 4) is 5.75 Å². The molecule has 2 aliphatic rings. The van der Waals surface area contributed by atoms with Crippen LogP contribution in [0, 0.1) is 6.92 Å². The molecule has 0 aliphatic carbocycles. The second-order valence-electron chi connectivity index (χ2n) is 5.71. The average Bonchev–Trinajstić information content (AvgIpc) is 3.35. The van der Waals surface area contributed by atoms with Crippen molar-refractivity contribution in [2.45, 2.75) is 13.0 Å². The first kappa shape index (κ1) is 14.0. The van der Waals surface area contributed by atoms with Gasteiger partial charge in [-0.1, -0.05) is 12.1 Å². The Kier molecular flexibility index (Phi) is 3.16. The van der Waals surface area contributed by atoms with E-state index >= 15 is 0 Å². The minimum absolute atomic E-state index is 0.186. The van der Waals surface area contributed by atoms with Crippen LogP contribution >= 0.6 is 0 Å². The van der Waals surface area contributed by atoms with Crippen molar-refractivity contribution in [2.24, 2.45) is 0 Å². The summed E-state index contributed by atoms with van der Waals surface area (Å²) < 4.78 is 10.7. The quantitative estimate of drug-likeness (QED) is 0.643. The molecule has 1 atom stereocenters. The lowest BCUT2D eigenvalue weighted by atomic mass is 10.1. The molecule has 2 aromatic carbocycles. The summed E-state index contributed by atoms with van der Waals surface area (Å²) in [5.74, 6) is 0.140. The van der Waals surface area contributed by atoms with Crippen LogP contribution in [0.2, 0.25) is 0 Å². The Morgan fingerprint density at radius 2 is 1.78 bits per heavy atom. The molecule has 0 N–H and O–H groups in total. The van der Waals surface area contributed by atoms with Crippen molar-refractivity contribution in [3.63, 3.8) is 0 Å². The van der Waals surface area contributed by atoms with Gasteiger partial charge in [-0.3, -0.25) is 9.59 Å². The fourth-order valence-corrected chi connectivity index (χ4v) is 2.73. The van der Waals surface area contributed by atoms with Crippen LogP contribution in [0.1, 0.15) is 26.3 Å². The van der Waals surface area contributed by atoms with E-state index < -0.39 is 0 Å². The molecular formula is C18H15NO4. The van der Waals surface area contributed by atoms with Gasteiger partial charge < -0.3 is 9.47 Å². The number of fused-ring (bicyclic) bond motifs is 1. The van der Waals surface area contributed by atoms with E-state index in [-0.39, 0.29) is 17.9 Å². The molecule has 2 aliphatic heterocycles. The number of rotatable bonds is 4. The number of epoxide rings is 1. The van der Waals surface area contributed by atoms with Crippen molar-refractivity contribution in [1.29, 1.82) is 0 Å². The van der Waals surface area contributed by atoms with Crippen molar-refractivity contribution in [2.75, 3.05) is 18.1 Å². The molecule has 4 rings (SSSR count). The molecule has 2 aromatic rings. The Bertz CT molecular complexity index is 775. The zero-order valence-corrected chi connectivity index (χ0v) is 12.6. The van der Waals surface area contributed by atoms with E-state index in [1.165, 1.54) is 4.90 Å². The van der Waals surface area contributed by atoms with Gasteiger partial charge in [-0.15, -0.1) is 0 Å². The first-order chi connectivity index (χ1) is 11.1. The molecule has 0 aromatic heterocycles. The Balaban J connectivity index is 1.63. The molecule has 23 heavy (non-hydrogen) atoms. The maximum Gasteiger partial charge on any atom is 0.266 e. The van der Waals surface area contributed by atoms with Crippen LogP contribution in [0.3, 0.4) is 0 Å². The first-order valence-electron chi connectivity index (χ1n) is 7.48. The lowest BCUT2D eigenvalue weighted by molar-refractivity contribution is 0.0926. The van der Waals surface area contributed by atoms with E-state index in [2.05, 4.69) is 0 Å². The van der Waals surface area contributed by atoms with Gasteiger partial charge in [0, 0.05) is 0 Å². The summed E-state index contributed by atoms with van der Waals surface area (Å²) in [4.78, 5) is 26.3. The number of imide groups is 1. The minimum Gasteiger partial charge on any atom is -0.491 e. The van der Waals surface area contributed by atoms with E-state index in [0.29, 0.717) is 29.2 Å². The zero-order valence-electron chi connectivity index (χ0n) is 12.6. The average molecular weight is 309 g/mol. The van der Waals surface area contributed by atoms with Gasteiger partial charge in [0.1, 0.15) is 18.5 Å². The van der Waals surface area contributed by atoms with Gasteiger partial charge in [-0.25, -0.2) is 4.90 Å². The third kappa shape index (κ3) is 2.39. The number of carbonyl (C=O) groups is 2. The molecule has 5 heteroatoms. The van der Waals surface area contributed by atoms with Gasteiger partial charge in [0.2, 0.25) is 0 Å². The second-order valence-corrected chi connectivity index (χ2v) is 5.71. The molecule has 5 nitrogen and oxygen atoms in total. The minimum atomic E-state index is -0.284. The van der Waals surface area contributed by atoms with Gasteiger partial charge in [0.05, 0.1) is 23.4 Å². The third-order valence-corrected chi connectivity index (χ3v) is 4.04. The molecule has 0 spiro atoms. The van der Waals surface area contributed by atoms with Crippen molar-refractivity contribution < 1.29 is 19.1 Å². The topological polar surface area (TPSA) is 59.1 Å². The van der Waals surface area contributed by atoms with E-state index in [4.69, 9.17) is 9.47 Å². The highest BCUT2D eigenvalue weighted by Gasteiger charge is 2.36. The maximum absolute atomic E-state index is 12.5. The number of hydrogen-bond acceptors (Lipinski definition) is 4. The Morgan fingerprint density at radius 1 is 1.13 bits per heavy atom. The number of benzene rings is 2. The molecule has 0 bridgehead atoms. The van der Waals surface area contributed by atoms with Crippen LogP contribution in [0.25, 0.3) is 0 Å². The van der Waals surface area contributed by atoms with Gasteiger partial charge in [-0.05, 0) is 42.8 Å². The van der Waals surface area contributed by atoms with Crippen LogP contribution in [0.5, 0.6) is 5.75 Å². The van der Waals surface area contributed by atoms with Gasteiger partial charge in [0.15, 0.2) is 0 Å². The van der Waals surface area contributed by atoms with Crippen LogP contribution in [0.4, 0.5) is 5.69 Å². The summed E-state index contributed by atoms with van der Waals surface area (Å²) in [6, 6.07) is 12.2. The highest BCUT2D eigenvalue weighted by Crippen LogP contribution is 2.32. The highest BCUT2D eigenvalue weighted by molar-refractivity contribution is 6.34. The first-order valence-corrected chi connectivity index (χ1v) is 7.48. The summed E-state index contributed by atoms with van der Waals surface area (Å²) in [6.45, 7) is 3.12. The van der Waals surface area contributed by atoms with Crippen molar-refractivity contribution in [3.05, 3.63) is 59.2 Å². The fourth-order valence-electron chi connectivity index (χ4n) is 2.73. The van der Waals surface area contributed by atoms with E-state index in [1.54, 1.807) is 36.4 Å². The standard InChI is InChI=1S/C18H15NO4/c1-11-8-12(22-9-13-10-23-13)6-7-16(11)19-17(20)14-4-2-3-5-15(14)18(19)21/h2-8,13H,9-10H2,1H3. The zero-order chi connectivity index (χ0) is 16.0. The summed E-state index contributed by atoms with van der Waals surface area (Å²) in [7, 11) is 0. The third-order valence-electron chi connectivity index (χ3n) is 4.04. The van der Waals surface area contributed by atoms with Crippen molar-refractivity contribution in [1.82, 2.24) is 0 Å². The fraction of sp³-hybridized carbons (Fsp3) is 0.222. The summed E-state index contributed by atoms with van der Waals surface area (Å²) in [6.07, 6.45) is 0.186. The SMILES string of the molecule is Cc1cc(OCC2CO2)ccc1N1C(=O)c2ccccc2C1=O. The van der Waals surface area contributed by atoms with Gasteiger partial charge in [-0.2, -0.15) is 0 Å². The molecule has 116 valence electrons. The Hall–Kier alpha value is -2.66. The summed E-state index contributed by atoms with van der Waals surface area (Å²) in [5, 5.41) is 0. The predicted octanol–water partition coefficient (Wildman–Crippen LogP) is 2.57. The number of anilines is 1. The molecular weight excluding hydrogens is 294 g/mol. The predicted molar refractivity (Wildman–Crippen MR) is 84.0 cm³/mol. The Labute approximate surface area is 133 Å². The highest BCUT2D eigenvalue weighted by atomic mass is 16.6. The van der Waals surface area contributed by atoms with Crippen LogP contribution < -0.4 is 9.64 Å². The summed E-state index contributed by atoms with van der Waals surface area (Å²) >= 11 is 0. The number of amides is 2. The smallest absolute Gasteiger partial charge is 0.266 e. The van der Waals surface area contributed by atoms with Crippen LogP contribution in [-0.2, 0) is 4.74 Å². The normalized spacial score (nSPS) is 19.0. The number of aryl methyl sites for hydroxylation is 1. The molecule has 0 saturated carbocycles. The number of nitrogens with zero attached hydrogens (tertiary/aromatic N) is 1. The molecule has 1 saturated heterocycles. The molecule has 0 radical (unpaired) electrons. The van der Waals surface area contributed by atoms with E-state index in [0.717, 1.165) is 12.2 Å². The van der Waals surface area contributed by atoms with Crippen molar-refractivity contribution >= 4 is 17.5 Å². The second kappa shape index (κ2) is 5.21. The molecule has 1 unspecified atom stereocenters. The van der Waals surface area contributed by atoms with Crippen LogP contribution in [0.15, 0.2) is 42.5 Å².